The largest absolute Gasteiger partial charge is 0.395 e. The lowest BCUT2D eigenvalue weighted by atomic mass is 9.76. The number of nitrogens with two attached hydrogens (primary N) is 1. The molecule has 0 fully saturated rings. The maximum absolute atomic E-state index is 14.0. The molecule has 0 aliphatic carbocycles. The van der Waals surface area contributed by atoms with Gasteiger partial charge in [-0.05, 0) is 35.7 Å². The van der Waals surface area contributed by atoms with E-state index >= 15 is 0 Å². The van der Waals surface area contributed by atoms with Gasteiger partial charge in [0, 0.05) is 17.0 Å². The smallest absolute Gasteiger partial charge is 0.127 e. The monoisotopic (exact) mass is 293 g/mol. The van der Waals surface area contributed by atoms with Crippen molar-refractivity contribution in [1.29, 1.82) is 0 Å². The van der Waals surface area contributed by atoms with Gasteiger partial charge in [0.2, 0.25) is 0 Å². The predicted molar refractivity (Wildman–Crippen MR) is 79.4 cm³/mol. The maximum Gasteiger partial charge on any atom is 0.127 e. The topological polar surface area (TPSA) is 46.2 Å². The summed E-state index contributed by atoms with van der Waals surface area (Å²) < 4.78 is 14.0. The number of aliphatic hydroxyl groups excluding tert-OH is 1. The van der Waals surface area contributed by atoms with Crippen LogP contribution in [-0.2, 0) is 11.8 Å². The Bertz CT molecular complexity index is 584. The van der Waals surface area contributed by atoms with Crippen LogP contribution in [0.1, 0.15) is 11.1 Å². The highest BCUT2D eigenvalue weighted by Crippen LogP contribution is 2.30. The highest BCUT2D eigenvalue weighted by Gasteiger charge is 2.33. The average molecular weight is 294 g/mol. The fourth-order valence-electron chi connectivity index (χ4n) is 2.41. The van der Waals surface area contributed by atoms with E-state index in [0.29, 0.717) is 17.0 Å². The van der Waals surface area contributed by atoms with Crippen molar-refractivity contribution in [3.63, 3.8) is 0 Å². The van der Waals surface area contributed by atoms with Crippen molar-refractivity contribution in [3.8, 4) is 0 Å². The van der Waals surface area contributed by atoms with Gasteiger partial charge < -0.3 is 10.8 Å². The number of aliphatic hydroxyl groups is 1. The van der Waals surface area contributed by atoms with Crippen molar-refractivity contribution >= 4 is 11.6 Å². The third-order valence-electron chi connectivity index (χ3n) is 3.57. The third-order valence-corrected chi connectivity index (χ3v) is 3.81. The Balaban J connectivity index is 2.42. The van der Waals surface area contributed by atoms with Gasteiger partial charge in [0.1, 0.15) is 5.82 Å². The number of hydrogen-bond acceptors (Lipinski definition) is 2. The quantitative estimate of drug-likeness (QED) is 0.890. The summed E-state index contributed by atoms with van der Waals surface area (Å²) in [5.74, 6) is -0.353. The summed E-state index contributed by atoms with van der Waals surface area (Å²) in [6.45, 7) is -0.0755. The van der Waals surface area contributed by atoms with Crippen LogP contribution in [0.3, 0.4) is 0 Å². The first-order chi connectivity index (χ1) is 9.61. The second-order valence-corrected chi connectivity index (χ2v) is 5.37. The highest BCUT2D eigenvalue weighted by molar-refractivity contribution is 6.30. The summed E-state index contributed by atoms with van der Waals surface area (Å²) in [6.07, 6.45) is 0.432. The van der Waals surface area contributed by atoms with Crippen LogP contribution in [0.2, 0.25) is 5.02 Å². The Hall–Kier alpha value is -1.42. The zero-order valence-corrected chi connectivity index (χ0v) is 11.8. The molecule has 2 aromatic rings. The molecule has 4 heteroatoms. The van der Waals surface area contributed by atoms with Gasteiger partial charge in [-0.2, -0.15) is 0 Å². The van der Waals surface area contributed by atoms with Gasteiger partial charge in [-0.15, -0.1) is 0 Å². The van der Waals surface area contributed by atoms with E-state index in [-0.39, 0.29) is 19.0 Å². The van der Waals surface area contributed by atoms with Crippen LogP contribution < -0.4 is 5.73 Å². The van der Waals surface area contributed by atoms with E-state index in [4.69, 9.17) is 17.3 Å². The summed E-state index contributed by atoms with van der Waals surface area (Å²) in [5.41, 5.74) is 6.36. The predicted octanol–water partition coefficient (Wildman–Crippen LogP) is 2.91. The minimum absolute atomic E-state index is 0.150. The molecule has 0 aliphatic rings. The van der Waals surface area contributed by atoms with E-state index in [1.54, 1.807) is 24.3 Å². The zero-order chi connectivity index (χ0) is 14.6. The first kappa shape index (κ1) is 15.0. The SMILES string of the molecule is NCC(CO)(Cc1cccc(Cl)c1)c1ccccc1F. The lowest BCUT2D eigenvalue weighted by Gasteiger charge is -2.31. The minimum atomic E-state index is -0.837. The van der Waals surface area contributed by atoms with Gasteiger partial charge in [-0.3, -0.25) is 0 Å². The number of rotatable bonds is 5. The molecule has 0 bridgehead atoms. The van der Waals surface area contributed by atoms with E-state index in [1.807, 2.05) is 18.2 Å². The molecule has 0 aromatic heterocycles. The molecule has 0 aliphatic heterocycles. The Morgan fingerprint density at radius 3 is 2.50 bits per heavy atom. The summed E-state index contributed by atoms with van der Waals surface area (Å²) in [7, 11) is 0. The van der Waals surface area contributed by atoms with Crippen LogP contribution >= 0.6 is 11.6 Å². The molecule has 1 unspecified atom stereocenters. The molecule has 20 heavy (non-hydrogen) atoms. The number of benzene rings is 2. The molecule has 0 saturated heterocycles. The van der Waals surface area contributed by atoms with E-state index in [2.05, 4.69) is 0 Å². The van der Waals surface area contributed by atoms with Crippen LogP contribution in [0, 0.1) is 5.82 Å². The normalized spacial score (nSPS) is 14.0. The zero-order valence-electron chi connectivity index (χ0n) is 11.0. The molecule has 2 aromatic carbocycles. The molecule has 0 spiro atoms. The fourth-order valence-corrected chi connectivity index (χ4v) is 2.62. The molecule has 2 rings (SSSR count). The Morgan fingerprint density at radius 1 is 1.15 bits per heavy atom. The van der Waals surface area contributed by atoms with E-state index in [1.165, 1.54) is 6.07 Å². The van der Waals surface area contributed by atoms with Crippen LogP contribution in [0.15, 0.2) is 48.5 Å². The van der Waals surface area contributed by atoms with Crippen LogP contribution in [-0.4, -0.2) is 18.3 Å². The van der Waals surface area contributed by atoms with Crippen LogP contribution in [0.4, 0.5) is 4.39 Å². The van der Waals surface area contributed by atoms with Crippen molar-refractivity contribution in [1.82, 2.24) is 0 Å². The van der Waals surface area contributed by atoms with Gasteiger partial charge in [-0.1, -0.05) is 41.9 Å². The molecule has 1 atom stereocenters. The summed E-state index contributed by atoms with van der Waals surface area (Å²) in [6, 6.07) is 13.7. The Kier molecular flexibility index (Phi) is 4.76. The summed E-state index contributed by atoms with van der Waals surface area (Å²) in [4.78, 5) is 0. The van der Waals surface area contributed by atoms with E-state index in [0.717, 1.165) is 5.56 Å². The number of hydrogen-bond donors (Lipinski definition) is 2. The molecule has 3 N–H and O–H groups in total. The standard InChI is InChI=1S/C16H17ClFNO/c17-13-5-3-4-12(8-13)9-16(10-19,11-20)14-6-1-2-7-15(14)18/h1-8,20H,9-11,19H2. The lowest BCUT2D eigenvalue weighted by Crippen LogP contribution is -2.41. The first-order valence-electron chi connectivity index (χ1n) is 6.42. The second-order valence-electron chi connectivity index (χ2n) is 4.93. The molecule has 106 valence electrons. The molecule has 0 saturated carbocycles. The van der Waals surface area contributed by atoms with E-state index < -0.39 is 5.41 Å². The van der Waals surface area contributed by atoms with Gasteiger partial charge in [0.05, 0.1) is 6.61 Å². The molecule has 2 nitrogen and oxygen atoms in total. The van der Waals surface area contributed by atoms with Gasteiger partial charge >= 0.3 is 0 Å². The van der Waals surface area contributed by atoms with Crippen LogP contribution in [0.5, 0.6) is 0 Å². The summed E-state index contributed by atoms with van der Waals surface area (Å²) >= 11 is 5.97. The van der Waals surface area contributed by atoms with Gasteiger partial charge in [0.15, 0.2) is 0 Å². The molecule has 0 heterocycles. The minimum Gasteiger partial charge on any atom is -0.395 e. The Morgan fingerprint density at radius 2 is 1.90 bits per heavy atom. The highest BCUT2D eigenvalue weighted by atomic mass is 35.5. The van der Waals surface area contributed by atoms with Crippen molar-refractivity contribution in [2.75, 3.05) is 13.2 Å². The summed E-state index contributed by atoms with van der Waals surface area (Å²) in [5, 5.41) is 10.4. The molecule has 0 amide bonds. The van der Waals surface area contributed by atoms with Crippen molar-refractivity contribution in [2.45, 2.75) is 11.8 Å². The maximum atomic E-state index is 14.0. The third kappa shape index (κ3) is 3.01. The Labute approximate surface area is 123 Å². The average Bonchev–Trinajstić information content (AvgIpc) is 2.46. The number of halogens is 2. The molecule has 0 radical (unpaired) electrons. The molecular formula is C16H17ClFNO. The van der Waals surface area contributed by atoms with Crippen molar-refractivity contribution < 1.29 is 9.50 Å². The first-order valence-corrected chi connectivity index (χ1v) is 6.79. The van der Waals surface area contributed by atoms with Gasteiger partial charge in [0.25, 0.3) is 0 Å². The van der Waals surface area contributed by atoms with Crippen molar-refractivity contribution in [3.05, 3.63) is 70.5 Å². The van der Waals surface area contributed by atoms with E-state index in [9.17, 15) is 9.50 Å². The lowest BCUT2D eigenvalue weighted by molar-refractivity contribution is 0.192. The van der Waals surface area contributed by atoms with Gasteiger partial charge in [-0.25, -0.2) is 4.39 Å². The fraction of sp³-hybridized carbons (Fsp3) is 0.250. The van der Waals surface area contributed by atoms with Crippen LogP contribution in [0.25, 0.3) is 0 Å². The van der Waals surface area contributed by atoms with Crippen molar-refractivity contribution in [2.24, 2.45) is 5.73 Å². The molecular weight excluding hydrogens is 277 g/mol. The second kappa shape index (κ2) is 6.35.